The molecule has 0 amide bonds. The van der Waals surface area contributed by atoms with Gasteiger partial charge in [0.25, 0.3) is 0 Å². The third kappa shape index (κ3) is 2.83. The van der Waals surface area contributed by atoms with Gasteiger partial charge in [-0.05, 0) is 37.7 Å². The Balaban J connectivity index is 1.94. The van der Waals surface area contributed by atoms with Crippen molar-refractivity contribution in [2.45, 2.75) is 52.2 Å². The van der Waals surface area contributed by atoms with Gasteiger partial charge in [0.2, 0.25) is 0 Å². The van der Waals surface area contributed by atoms with Gasteiger partial charge in [-0.1, -0.05) is 38.2 Å². The summed E-state index contributed by atoms with van der Waals surface area (Å²) in [5.41, 5.74) is 2.73. The summed E-state index contributed by atoms with van der Waals surface area (Å²) in [4.78, 5) is 24.3. The average molecular weight is 330 g/mol. The highest BCUT2D eigenvalue weighted by molar-refractivity contribution is 5.91. The SMILES string of the molecule is C=C1C(=O)O[C@@H]2[C@@H]1[C@@H](OC(=O)CC(C)C)C=C(C)[C@@H]1CCC(=C)[C@H]21. The molecule has 2 aliphatic carbocycles. The minimum absolute atomic E-state index is 0.100. The topological polar surface area (TPSA) is 52.6 Å². The molecule has 130 valence electrons. The van der Waals surface area contributed by atoms with Gasteiger partial charge in [-0.15, -0.1) is 0 Å². The van der Waals surface area contributed by atoms with Gasteiger partial charge in [0.15, 0.2) is 0 Å². The highest BCUT2D eigenvalue weighted by Crippen LogP contribution is 2.51. The molecule has 0 radical (unpaired) electrons. The van der Waals surface area contributed by atoms with E-state index in [0.717, 1.165) is 18.4 Å². The number of hydrogen-bond acceptors (Lipinski definition) is 4. The molecule has 3 aliphatic rings. The van der Waals surface area contributed by atoms with Gasteiger partial charge in [-0.25, -0.2) is 4.79 Å². The first-order valence-electron chi connectivity index (χ1n) is 8.74. The van der Waals surface area contributed by atoms with Crippen LogP contribution in [0, 0.1) is 23.7 Å². The second kappa shape index (κ2) is 6.23. The standard InChI is InChI=1S/C20H26O4/c1-10(2)8-16(21)23-15-9-12(4)14-7-6-11(3)17(14)19-18(15)13(5)20(22)24-19/h9-10,14-15,17-19H,3,5-8H2,1-2,4H3/t14-,15-,17-,18-,19-/m0/s1. The smallest absolute Gasteiger partial charge is 0.334 e. The summed E-state index contributed by atoms with van der Waals surface area (Å²) in [6.07, 6.45) is 3.51. The van der Waals surface area contributed by atoms with Crippen LogP contribution in [0.4, 0.5) is 0 Å². The van der Waals surface area contributed by atoms with Crippen LogP contribution >= 0.6 is 0 Å². The third-order valence-electron chi connectivity index (χ3n) is 5.51. The zero-order valence-electron chi connectivity index (χ0n) is 14.7. The quantitative estimate of drug-likeness (QED) is 0.451. The van der Waals surface area contributed by atoms with E-state index in [-0.39, 0.29) is 35.8 Å². The summed E-state index contributed by atoms with van der Waals surface area (Å²) >= 11 is 0. The van der Waals surface area contributed by atoms with Gasteiger partial charge in [-0.2, -0.15) is 0 Å². The molecular weight excluding hydrogens is 304 g/mol. The number of hydrogen-bond donors (Lipinski definition) is 0. The lowest BCUT2D eigenvalue weighted by Gasteiger charge is -2.28. The van der Waals surface area contributed by atoms with E-state index in [1.165, 1.54) is 5.57 Å². The van der Waals surface area contributed by atoms with Crippen LogP contribution in [0.1, 0.15) is 40.0 Å². The molecule has 1 aliphatic heterocycles. The molecule has 1 saturated carbocycles. The summed E-state index contributed by atoms with van der Waals surface area (Å²) < 4.78 is 11.4. The molecule has 0 aromatic rings. The maximum Gasteiger partial charge on any atom is 0.334 e. The highest BCUT2D eigenvalue weighted by atomic mass is 16.6. The molecule has 0 aromatic carbocycles. The molecule has 3 rings (SSSR count). The maximum absolute atomic E-state index is 12.2. The maximum atomic E-state index is 12.2. The van der Waals surface area contributed by atoms with Crippen LogP contribution < -0.4 is 0 Å². The van der Waals surface area contributed by atoms with Gasteiger partial charge in [0.05, 0.1) is 5.92 Å². The first-order valence-corrected chi connectivity index (χ1v) is 8.74. The van der Waals surface area contributed by atoms with Crippen LogP contribution in [0.2, 0.25) is 0 Å². The van der Waals surface area contributed by atoms with E-state index >= 15 is 0 Å². The van der Waals surface area contributed by atoms with Gasteiger partial charge in [0, 0.05) is 17.9 Å². The number of carbonyl (C=O) groups excluding carboxylic acids is 2. The van der Waals surface area contributed by atoms with Crippen molar-refractivity contribution < 1.29 is 19.1 Å². The molecule has 2 fully saturated rings. The van der Waals surface area contributed by atoms with Crippen molar-refractivity contribution in [3.05, 3.63) is 36.0 Å². The van der Waals surface area contributed by atoms with Gasteiger partial charge >= 0.3 is 11.9 Å². The molecule has 5 atom stereocenters. The Morgan fingerprint density at radius 2 is 2.08 bits per heavy atom. The number of ether oxygens (including phenoxy) is 2. The summed E-state index contributed by atoms with van der Waals surface area (Å²) in [6, 6.07) is 0. The van der Waals surface area contributed by atoms with E-state index in [1.807, 2.05) is 19.9 Å². The first kappa shape index (κ1) is 17.0. The Labute approximate surface area is 143 Å². The zero-order chi connectivity index (χ0) is 17.6. The molecule has 0 spiro atoms. The van der Waals surface area contributed by atoms with Crippen molar-refractivity contribution in [3.63, 3.8) is 0 Å². The Bertz CT molecular complexity index is 628. The molecular formula is C20H26O4. The Kier molecular flexibility index (Phi) is 4.41. The normalized spacial score (nSPS) is 35.2. The zero-order valence-corrected chi connectivity index (χ0v) is 14.7. The van der Waals surface area contributed by atoms with E-state index in [9.17, 15) is 9.59 Å². The third-order valence-corrected chi connectivity index (χ3v) is 5.51. The van der Waals surface area contributed by atoms with E-state index in [1.54, 1.807) is 0 Å². The number of fused-ring (bicyclic) bond motifs is 3. The van der Waals surface area contributed by atoms with Crippen LogP contribution in [0.25, 0.3) is 0 Å². The predicted octanol–water partition coefficient (Wildman–Crippen LogP) is 3.58. The molecule has 0 unspecified atom stereocenters. The van der Waals surface area contributed by atoms with Crippen molar-refractivity contribution in [2.24, 2.45) is 23.7 Å². The minimum Gasteiger partial charge on any atom is -0.458 e. The fraction of sp³-hybridized carbons (Fsp3) is 0.600. The molecule has 4 nitrogen and oxygen atoms in total. The van der Waals surface area contributed by atoms with Gasteiger partial charge in [0.1, 0.15) is 12.2 Å². The van der Waals surface area contributed by atoms with Crippen molar-refractivity contribution >= 4 is 11.9 Å². The minimum atomic E-state index is -0.487. The van der Waals surface area contributed by atoms with E-state index in [0.29, 0.717) is 17.9 Å². The molecule has 0 aromatic heterocycles. The first-order chi connectivity index (χ1) is 11.3. The van der Waals surface area contributed by atoms with Crippen LogP contribution in [0.5, 0.6) is 0 Å². The number of carbonyl (C=O) groups is 2. The lowest BCUT2D eigenvalue weighted by molar-refractivity contribution is -0.151. The summed E-state index contributed by atoms with van der Waals surface area (Å²) in [5, 5.41) is 0. The Morgan fingerprint density at radius 1 is 1.38 bits per heavy atom. The number of allylic oxidation sites excluding steroid dienone is 1. The Morgan fingerprint density at radius 3 is 2.75 bits per heavy atom. The molecule has 1 heterocycles. The van der Waals surface area contributed by atoms with E-state index < -0.39 is 6.10 Å². The summed E-state index contributed by atoms with van der Waals surface area (Å²) in [7, 11) is 0. The van der Waals surface area contributed by atoms with Crippen molar-refractivity contribution in [1.29, 1.82) is 0 Å². The number of esters is 2. The highest BCUT2D eigenvalue weighted by Gasteiger charge is 2.53. The molecule has 24 heavy (non-hydrogen) atoms. The van der Waals surface area contributed by atoms with Crippen LogP contribution in [0.3, 0.4) is 0 Å². The fourth-order valence-corrected chi connectivity index (χ4v) is 4.36. The van der Waals surface area contributed by atoms with Crippen LogP contribution in [-0.2, 0) is 19.1 Å². The van der Waals surface area contributed by atoms with Crippen molar-refractivity contribution in [1.82, 2.24) is 0 Å². The summed E-state index contributed by atoms with van der Waals surface area (Å²) in [5.74, 6) is -0.292. The fourth-order valence-electron chi connectivity index (χ4n) is 4.36. The largest absolute Gasteiger partial charge is 0.458 e. The van der Waals surface area contributed by atoms with Gasteiger partial charge < -0.3 is 9.47 Å². The molecule has 0 bridgehead atoms. The Hall–Kier alpha value is -1.84. The average Bonchev–Trinajstić information content (AvgIpc) is 2.95. The molecule has 4 heteroatoms. The van der Waals surface area contributed by atoms with Crippen LogP contribution in [-0.4, -0.2) is 24.1 Å². The molecule has 1 saturated heterocycles. The summed E-state index contributed by atoms with van der Waals surface area (Å²) in [6.45, 7) is 14.1. The second-order valence-corrected chi connectivity index (χ2v) is 7.71. The van der Waals surface area contributed by atoms with Crippen molar-refractivity contribution in [3.8, 4) is 0 Å². The van der Waals surface area contributed by atoms with Crippen molar-refractivity contribution in [2.75, 3.05) is 0 Å². The monoisotopic (exact) mass is 330 g/mol. The second-order valence-electron chi connectivity index (χ2n) is 7.71. The lowest BCUT2D eigenvalue weighted by atomic mass is 9.80. The predicted molar refractivity (Wildman–Crippen MR) is 91.0 cm³/mol. The van der Waals surface area contributed by atoms with Gasteiger partial charge in [-0.3, -0.25) is 4.79 Å². The lowest BCUT2D eigenvalue weighted by Crippen LogP contribution is -2.36. The van der Waals surface area contributed by atoms with E-state index in [4.69, 9.17) is 9.47 Å². The van der Waals surface area contributed by atoms with Crippen LogP contribution in [0.15, 0.2) is 36.0 Å². The number of rotatable bonds is 3. The van der Waals surface area contributed by atoms with E-state index in [2.05, 4.69) is 20.1 Å². The molecule has 0 N–H and O–H groups in total.